The van der Waals surface area contributed by atoms with Crippen LogP contribution in [0.2, 0.25) is 0 Å². The minimum absolute atomic E-state index is 0.154. The Kier molecular flexibility index (Phi) is 5.48. The van der Waals surface area contributed by atoms with E-state index in [-0.39, 0.29) is 32.0 Å². The van der Waals surface area contributed by atoms with Gasteiger partial charge in [-0.05, 0) is 33.3 Å². The molecular formula is C21H28N2O5. The first-order chi connectivity index (χ1) is 13.2. The third-order valence-electron chi connectivity index (χ3n) is 5.16. The van der Waals surface area contributed by atoms with E-state index in [4.69, 9.17) is 9.47 Å². The monoisotopic (exact) mass is 388 g/mol. The molecule has 2 aliphatic heterocycles. The number of hydrogen-bond donors (Lipinski definition) is 0. The summed E-state index contributed by atoms with van der Waals surface area (Å²) >= 11 is 0. The molecule has 7 nitrogen and oxygen atoms in total. The zero-order valence-electron chi connectivity index (χ0n) is 16.9. The van der Waals surface area contributed by atoms with Gasteiger partial charge < -0.3 is 14.4 Å². The molecule has 7 heteroatoms. The Balaban J connectivity index is 1.82. The van der Waals surface area contributed by atoms with E-state index in [9.17, 15) is 14.4 Å². The average Bonchev–Trinajstić information content (AvgIpc) is 2.85. The number of benzene rings is 1. The molecule has 0 saturated carbocycles. The minimum atomic E-state index is -0.880. The van der Waals surface area contributed by atoms with Crippen LogP contribution in [-0.4, -0.2) is 65.0 Å². The van der Waals surface area contributed by atoms with Gasteiger partial charge in [-0.2, -0.15) is 0 Å². The average molecular weight is 388 g/mol. The van der Waals surface area contributed by atoms with Crippen molar-refractivity contribution in [2.45, 2.75) is 45.4 Å². The molecule has 2 fully saturated rings. The van der Waals surface area contributed by atoms with Crippen LogP contribution in [0.3, 0.4) is 0 Å². The number of amides is 1. The summed E-state index contributed by atoms with van der Waals surface area (Å²) in [7, 11) is 0. The van der Waals surface area contributed by atoms with Crippen LogP contribution in [0, 0.1) is 5.92 Å². The number of esters is 1. The predicted octanol–water partition coefficient (Wildman–Crippen LogP) is 2.24. The lowest BCUT2D eigenvalue weighted by Gasteiger charge is -2.53. The van der Waals surface area contributed by atoms with Crippen LogP contribution in [0.5, 0.6) is 0 Å². The second-order valence-corrected chi connectivity index (χ2v) is 8.43. The third kappa shape index (κ3) is 3.90. The molecule has 1 aromatic carbocycles. The van der Waals surface area contributed by atoms with Gasteiger partial charge in [0.05, 0.1) is 18.7 Å². The van der Waals surface area contributed by atoms with Gasteiger partial charge in [0.1, 0.15) is 11.5 Å². The molecule has 3 rings (SSSR count). The normalized spacial score (nSPS) is 21.5. The van der Waals surface area contributed by atoms with Crippen molar-refractivity contribution in [1.29, 1.82) is 0 Å². The summed E-state index contributed by atoms with van der Waals surface area (Å²) in [6, 6.07) is 9.79. The van der Waals surface area contributed by atoms with E-state index in [1.807, 2.05) is 56.0 Å². The molecule has 2 saturated heterocycles. The molecule has 0 N–H and O–H groups in total. The summed E-state index contributed by atoms with van der Waals surface area (Å²) in [6.07, 6.45) is -0.431. The van der Waals surface area contributed by atoms with Gasteiger partial charge in [-0.1, -0.05) is 30.3 Å². The number of ether oxygens (including phenoxy) is 2. The molecule has 1 unspecified atom stereocenters. The zero-order valence-corrected chi connectivity index (χ0v) is 16.9. The number of likely N-dealkylation sites (tertiary alicyclic amines) is 2. The molecular weight excluding hydrogens is 360 g/mol. The molecule has 0 radical (unpaired) electrons. The van der Waals surface area contributed by atoms with E-state index in [0.717, 1.165) is 5.56 Å². The Hall–Kier alpha value is -2.41. The maximum atomic E-state index is 12.7. The minimum Gasteiger partial charge on any atom is -0.465 e. The van der Waals surface area contributed by atoms with Crippen molar-refractivity contribution < 1.29 is 23.9 Å². The van der Waals surface area contributed by atoms with Gasteiger partial charge in [0, 0.05) is 19.6 Å². The van der Waals surface area contributed by atoms with Crippen LogP contribution in [0.1, 0.15) is 33.3 Å². The molecule has 152 valence electrons. The first-order valence-electron chi connectivity index (χ1n) is 9.62. The van der Waals surface area contributed by atoms with Gasteiger partial charge >= 0.3 is 12.1 Å². The molecule has 2 heterocycles. The Morgan fingerprint density at radius 2 is 1.82 bits per heavy atom. The van der Waals surface area contributed by atoms with Crippen LogP contribution >= 0.6 is 0 Å². The molecule has 1 spiro atoms. The number of carbonyl (C=O) groups is 3. The first kappa shape index (κ1) is 20.3. The number of ketones is 1. The Morgan fingerprint density at radius 3 is 2.39 bits per heavy atom. The second kappa shape index (κ2) is 7.54. The van der Waals surface area contributed by atoms with Crippen LogP contribution in [-0.2, 0) is 25.6 Å². The molecule has 1 atom stereocenters. The van der Waals surface area contributed by atoms with Crippen molar-refractivity contribution in [2.24, 2.45) is 5.92 Å². The summed E-state index contributed by atoms with van der Waals surface area (Å²) < 4.78 is 10.6. The van der Waals surface area contributed by atoms with E-state index in [1.54, 1.807) is 11.8 Å². The fourth-order valence-electron chi connectivity index (χ4n) is 3.97. The zero-order chi connectivity index (χ0) is 20.5. The SMILES string of the molecule is CCOC(=O)C1C(=O)CN(Cc2ccccc2)C12CN(C(=O)OC(C)(C)C)C2. The van der Waals surface area contributed by atoms with Crippen LogP contribution in [0.4, 0.5) is 4.79 Å². The maximum Gasteiger partial charge on any atom is 0.410 e. The first-order valence-corrected chi connectivity index (χ1v) is 9.62. The van der Waals surface area contributed by atoms with E-state index >= 15 is 0 Å². The van der Waals surface area contributed by atoms with E-state index in [2.05, 4.69) is 0 Å². The van der Waals surface area contributed by atoms with E-state index in [0.29, 0.717) is 6.54 Å². The number of hydrogen-bond acceptors (Lipinski definition) is 6. The van der Waals surface area contributed by atoms with Gasteiger partial charge in [0.2, 0.25) is 0 Å². The highest BCUT2D eigenvalue weighted by atomic mass is 16.6. The van der Waals surface area contributed by atoms with Gasteiger partial charge in [-0.15, -0.1) is 0 Å². The van der Waals surface area contributed by atoms with Crippen LogP contribution < -0.4 is 0 Å². The number of carbonyl (C=O) groups excluding carboxylic acids is 3. The Morgan fingerprint density at radius 1 is 1.18 bits per heavy atom. The third-order valence-corrected chi connectivity index (χ3v) is 5.16. The summed E-state index contributed by atoms with van der Waals surface area (Å²) in [5.41, 5.74) is -0.291. The van der Waals surface area contributed by atoms with Gasteiger partial charge in [0.15, 0.2) is 5.78 Å². The fraction of sp³-hybridized carbons (Fsp3) is 0.571. The fourth-order valence-corrected chi connectivity index (χ4v) is 3.97. The van der Waals surface area contributed by atoms with Crippen molar-refractivity contribution in [3.63, 3.8) is 0 Å². The summed E-state index contributed by atoms with van der Waals surface area (Å²) in [5, 5.41) is 0. The number of rotatable bonds is 4. The highest BCUT2D eigenvalue weighted by Gasteiger charge is 2.64. The van der Waals surface area contributed by atoms with Gasteiger partial charge in [0.25, 0.3) is 0 Å². The predicted molar refractivity (Wildman–Crippen MR) is 103 cm³/mol. The standard InChI is InChI=1S/C21H28N2O5/c1-5-27-18(25)17-16(24)12-23(11-15-9-7-6-8-10-15)21(17)13-22(14-21)19(26)28-20(2,3)4/h6-10,17H,5,11-14H2,1-4H3. The summed E-state index contributed by atoms with van der Waals surface area (Å²) in [5.74, 6) is -1.54. The van der Waals surface area contributed by atoms with Crippen molar-refractivity contribution in [3.8, 4) is 0 Å². The molecule has 0 aromatic heterocycles. The van der Waals surface area contributed by atoms with Crippen LogP contribution in [0.15, 0.2) is 30.3 Å². The topological polar surface area (TPSA) is 76.2 Å². The molecule has 1 aromatic rings. The molecule has 0 bridgehead atoms. The van der Waals surface area contributed by atoms with Crippen molar-refractivity contribution >= 4 is 17.8 Å². The number of Topliss-reactive ketones (excluding diaryl/α,β-unsaturated/α-hetero) is 1. The number of nitrogens with zero attached hydrogens (tertiary/aromatic N) is 2. The van der Waals surface area contributed by atoms with Gasteiger partial charge in [-0.3, -0.25) is 14.5 Å². The largest absolute Gasteiger partial charge is 0.465 e. The molecule has 0 aliphatic carbocycles. The van der Waals surface area contributed by atoms with E-state index < -0.39 is 29.1 Å². The van der Waals surface area contributed by atoms with Crippen molar-refractivity contribution in [3.05, 3.63) is 35.9 Å². The highest BCUT2D eigenvalue weighted by molar-refractivity contribution is 6.04. The lowest BCUT2D eigenvalue weighted by atomic mass is 9.77. The molecule has 2 aliphatic rings. The summed E-state index contributed by atoms with van der Waals surface area (Å²) in [6.45, 7) is 8.60. The Bertz CT molecular complexity index is 750. The lowest BCUT2D eigenvalue weighted by molar-refractivity contribution is -0.159. The van der Waals surface area contributed by atoms with Crippen LogP contribution in [0.25, 0.3) is 0 Å². The molecule has 1 amide bonds. The smallest absolute Gasteiger partial charge is 0.410 e. The Labute approximate surface area is 165 Å². The van der Waals surface area contributed by atoms with Gasteiger partial charge in [-0.25, -0.2) is 4.79 Å². The van der Waals surface area contributed by atoms with Crippen molar-refractivity contribution in [2.75, 3.05) is 26.2 Å². The maximum absolute atomic E-state index is 12.7. The second-order valence-electron chi connectivity index (χ2n) is 8.43. The molecule has 28 heavy (non-hydrogen) atoms. The quantitative estimate of drug-likeness (QED) is 0.582. The van der Waals surface area contributed by atoms with E-state index in [1.165, 1.54) is 0 Å². The van der Waals surface area contributed by atoms with Crippen molar-refractivity contribution in [1.82, 2.24) is 9.80 Å². The lowest BCUT2D eigenvalue weighted by Crippen LogP contribution is -2.72. The summed E-state index contributed by atoms with van der Waals surface area (Å²) in [4.78, 5) is 41.3. The highest BCUT2D eigenvalue weighted by Crippen LogP contribution is 2.42.